The second kappa shape index (κ2) is 4.92. The van der Waals surface area contributed by atoms with Crippen molar-refractivity contribution in [3.05, 3.63) is 51.8 Å². The van der Waals surface area contributed by atoms with E-state index in [-0.39, 0.29) is 0 Å². The van der Waals surface area contributed by atoms with Crippen molar-refractivity contribution in [3.8, 4) is 0 Å². The van der Waals surface area contributed by atoms with E-state index in [2.05, 4.69) is 43.2 Å². The molecule has 0 N–H and O–H groups in total. The van der Waals surface area contributed by atoms with E-state index in [0.29, 0.717) is 0 Å². The standard InChI is InChI=1S/C14H17ClN2/c1-4-13-11(3)14(15)17(16-13)9-12-7-5-10(2)6-8-12/h5-8H,4,9H2,1-3H3. The van der Waals surface area contributed by atoms with E-state index < -0.39 is 0 Å². The van der Waals surface area contributed by atoms with Gasteiger partial charge in [0, 0.05) is 5.56 Å². The molecule has 0 aliphatic carbocycles. The maximum atomic E-state index is 6.27. The molecule has 0 atom stereocenters. The molecule has 2 rings (SSSR count). The van der Waals surface area contributed by atoms with E-state index >= 15 is 0 Å². The highest BCUT2D eigenvalue weighted by molar-refractivity contribution is 6.30. The molecule has 1 aromatic heterocycles. The molecule has 17 heavy (non-hydrogen) atoms. The topological polar surface area (TPSA) is 17.8 Å². The van der Waals surface area contributed by atoms with Crippen LogP contribution in [0.4, 0.5) is 0 Å². The number of hydrogen-bond acceptors (Lipinski definition) is 1. The summed E-state index contributed by atoms with van der Waals surface area (Å²) in [5.41, 5.74) is 4.68. The fourth-order valence-electron chi connectivity index (χ4n) is 1.88. The van der Waals surface area contributed by atoms with Gasteiger partial charge < -0.3 is 0 Å². The van der Waals surface area contributed by atoms with Crippen LogP contribution in [0.1, 0.15) is 29.3 Å². The average Bonchev–Trinajstić information content (AvgIpc) is 2.60. The van der Waals surface area contributed by atoms with Crippen molar-refractivity contribution in [1.82, 2.24) is 9.78 Å². The van der Waals surface area contributed by atoms with Crippen LogP contribution in [0.2, 0.25) is 5.15 Å². The van der Waals surface area contributed by atoms with Crippen LogP contribution in [0.5, 0.6) is 0 Å². The average molecular weight is 249 g/mol. The molecule has 0 radical (unpaired) electrons. The zero-order valence-electron chi connectivity index (χ0n) is 10.5. The third kappa shape index (κ3) is 2.52. The molecule has 0 spiro atoms. The zero-order valence-corrected chi connectivity index (χ0v) is 11.3. The Morgan fingerprint density at radius 2 is 1.82 bits per heavy atom. The summed E-state index contributed by atoms with van der Waals surface area (Å²) in [5, 5.41) is 5.28. The molecule has 0 amide bonds. The molecule has 0 bridgehead atoms. The van der Waals surface area contributed by atoms with Gasteiger partial charge in [-0.2, -0.15) is 5.10 Å². The van der Waals surface area contributed by atoms with Gasteiger partial charge in [-0.1, -0.05) is 48.4 Å². The Morgan fingerprint density at radius 3 is 2.35 bits per heavy atom. The van der Waals surface area contributed by atoms with E-state index in [0.717, 1.165) is 29.4 Å². The molecule has 1 heterocycles. The lowest BCUT2D eigenvalue weighted by Gasteiger charge is -2.04. The van der Waals surface area contributed by atoms with Gasteiger partial charge in [0.1, 0.15) is 5.15 Å². The monoisotopic (exact) mass is 248 g/mol. The van der Waals surface area contributed by atoms with Gasteiger partial charge in [0.2, 0.25) is 0 Å². The minimum Gasteiger partial charge on any atom is -0.249 e. The molecule has 0 unspecified atom stereocenters. The number of nitrogens with zero attached hydrogens (tertiary/aromatic N) is 2. The predicted molar refractivity (Wildman–Crippen MR) is 71.6 cm³/mol. The van der Waals surface area contributed by atoms with Gasteiger partial charge in [-0.05, 0) is 25.8 Å². The third-order valence-electron chi connectivity index (χ3n) is 3.00. The normalized spacial score (nSPS) is 10.8. The summed E-state index contributed by atoms with van der Waals surface area (Å²) in [7, 11) is 0. The van der Waals surface area contributed by atoms with Crippen LogP contribution in [0, 0.1) is 13.8 Å². The quantitative estimate of drug-likeness (QED) is 0.809. The highest BCUT2D eigenvalue weighted by Crippen LogP contribution is 2.20. The van der Waals surface area contributed by atoms with E-state index in [4.69, 9.17) is 11.6 Å². The minimum absolute atomic E-state index is 0.736. The van der Waals surface area contributed by atoms with Gasteiger partial charge >= 0.3 is 0 Å². The number of hydrogen-bond donors (Lipinski definition) is 0. The van der Waals surface area contributed by atoms with E-state index in [1.807, 2.05) is 11.6 Å². The van der Waals surface area contributed by atoms with Crippen molar-refractivity contribution in [2.24, 2.45) is 0 Å². The Labute approximate surface area is 107 Å². The van der Waals surface area contributed by atoms with Crippen molar-refractivity contribution in [2.75, 3.05) is 0 Å². The Hall–Kier alpha value is -1.28. The Morgan fingerprint density at radius 1 is 1.18 bits per heavy atom. The first-order valence-electron chi connectivity index (χ1n) is 5.89. The second-order valence-electron chi connectivity index (χ2n) is 4.36. The predicted octanol–water partition coefficient (Wildman–Crippen LogP) is 3.76. The molecule has 0 fully saturated rings. The number of aryl methyl sites for hydroxylation is 2. The van der Waals surface area contributed by atoms with Gasteiger partial charge in [-0.25, -0.2) is 4.68 Å². The van der Waals surface area contributed by atoms with Gasteiger partial charge in [-0.15, -0.1) is 0 Å². The molecule has 0 saturated heterocycles. The Bertz CT molecular complexity index is 512. The lowest BCUT2D eigenvalue weighted by atomic mass is 10.1. The maximum Gasteiger partial charge on any atom is 0.130 e. The fraction of sp³-hybridized carbons (Fsp3) is 0.357. The summed E-state index contributed by atoms with van der Waals surface area (Å²) >= 11 is 6.27. The molecule has 0 aliphatic heterocycles. The first kappa shape index (κ1) is 12.2. The molecular formula is C14H17ClN2. The largest absolute Gasteiger partial charge is 0.249 e. The molecule has 90 valence electrons. The van der Waals surface area contributed by atoms with Crippen molar-refractivity contribution >= 4 is 11.6 Å². The summed E-state index contributed by atoms with van der Waals surface area (Å²) in [6, 6.07) is 8.46. The first-order chi connectivity index (χ1) is 8.11. The number of halogens is 1. The number of benzene rings is 1. The molecule has 1 aromatic carbocycles. The van der Waals surface area contributed by atoms with Gasteiger partial charge in [-0.3, -0.25) is 0 Å². The van der Waals surface area contributed by atoms with Crippen LogP contribution in [0.3, 0.4) is 0 Å². The SMILES string of the molecule is CCc1nn(Cc2ccc(C)cc2)c(Cl)c1C. The van der Waals surface area contributed by atoms with Crippen LogP contribution in [-0.4, -0.2) is 9.78 Å². The third-order valence-corrected chi connectivity index (χ3v) is 3.48. The number of aromatic nitrogens is 2. The first-order valence-corrected chi connectivity index (χ1v) is 6.27. The van der Waals surface area contributed by atoms with E-state index in [9.17, 15) is 0 Å². The summed E-state index contributed by atoms with van der Waals surface area (Å²) in [6.45, 7) is 6.95. The van der Waals surface area contributed by atoms with Gasteiger partial charge in [0.05, 0.1) is 12.2 Å². The maximum absolute atomic E-state index is 6.27. The lowest BCUT2D eigenvalue weighted by Crippen LogP contribution is -2.02. The molecule has 0 saturated carbocycles. The molecule has 0 aliphatic rings. The minimum atomic E-state index is 0.736. The molecule has 3 heteroatoms. The van der Waals surface area contributed by atoms with Gasteiger partial charge in [0.15, 0.2) is 0 Å². The molecular weight excluding hydrogens is 232 g/mol. The van der Waals surface area contributed by atoms with E-state index in [1.165, 1.54) is 11.1 Å². The van der Waals surface area contributed by atoms with Crippen molar-refractivity contribution in [1.29, 1.82) is 0 Å². The lowest BCUT2D eigenvalue weighted by molar-refractivity contribution is 0.674. The van der Waals surface area contributed by atoms with E-state index in [1.54, 1.807) is 0 Å². The van der Waals surface area contributed by atoms with Crippen LogP contribution >= 0.6 is 11.6 Å². The van der Waals surface area contributed by atoms with Crippen LogP contribution in [0.25, 0.3) is 0 Å². The smallest absolute Gasteiger partial charge is 0.130 e. The Balaban J connectivity index is 2.27. The fourth-order valence-corrected chi connectivity index (χ4v) is 2.09. The summed E-state index contributed by atoms with van der Waals surface area (Å²) in [6.07, 6.45) is 0.923. The van der Waals surface area contributed by atoms with Crippen molar-refractivity contribution in [2.45, 2.75) is 33.7 Å². The molecule has 2 nitrogen and oxygen atoms in total. The highest BCUT2D eigenvalue weighted by atomic mass is 35.5. The highest BCUT2D eigenvalue weighted by Gasteiger charge is 2.10. The second-order valence-corrected chi connectivity index (χ2v) is 4.72. The molecule has 2 aromatic rings. The zero-order chi connectivity index (χ0) is 12.4. The van der Waals surface area contributed by atoms with Crippen molar-refractivity contribution < 1.29 is 0 Å². The van der Waals surface area contributed by atoms with Gasteiger partial charge in [0.25, 0.3) is 0 Å². The van der Waals surface area contributed by atoms with Crippen LogP contribution < -0.4 is 0 Å². The van der Waals surface area contributed by atoms with Crippen LogP contribution in [0.15, 0.2) is 24.3 Å². The van der Waals surface area contributed by atoms with Crippen molar-refractivity contribution in [3.63, 3.8) is 0 Å². The summed E-state index contributed by atoms with van der Waals surface area (Å²) < 4.78 is 1.88. The number of rotatable bonds is 3. The Kier molecular flexibility index (Phi) is 3.53. The summed E-state index contributed by atoms with van der Waals surface area (Å²) in [5.74, 6) is 0. The summed E-state index contributed by atoms with van der Waals surface area (Å²) in [4.78, 5) is 0. The van der Waals surface area contributed by atoms with Crippen LogP contribution in [-0.2, 0) is 13.0 Å².